The van der Waals surface area contributed by atoms with Gasteiger partial charge >= 0.3 is 0 Å². The van der Waals surface area contributed by atoms with Crippen LogP contribution in [-0.4, -0.2) is 29.9 Å². The molecule has 0 N–H and O–H groups in total. The molecule has 0 aliphatic rings. The molecule has 0 saturated heterocycles. The van der Waals surface area contributed by atoms with Crippen LogP contribution in [0.4, 0.5) is 5.69 Å². The van der Waals surface area contributed by atoms with Crippen molar-refractivity contribution in [3.63, 3.8) is 0 Å². The number of fused-ring (bicyclic) bond motifs is 4. The number of aliphatic imine (C=N–C) groups is 2. The Morgan fingerprint density at radius 2 is 1.20 bits per heavy atom. The average Bonchev–Trinajstić information content (AvgIpc) is 2.92. The molecule has 5 aromatic carbocycles. The van der Waals surface area contributed by atoms with E-state index in [1.807, 2.05) is 18.3 Å². The highest BCUT2D eigenvalue weighted by Gasteiger charge is 2.08. The molecule has 0 aliphatic heterocycles. The standard InChI is InChI=1S/C31H22N4/c1-32-19-26-17-22(7-11-29(26)33-2)20-5-9-27-24(15-20)3-4-25-16-21(6-10-28(25)27)23-8-12-30-31(18-23)35-14-13-34-30/h3-19H,2H2,1H3. The molecule has 6 rings (SSSR count). The maximum absolute atomic E-state index is 4.45. The van der Waals surface area contributed by atoms with Gasteiger partial charge < -0.3 is 0 Å². The summed E-state index contributed by atoms with van der Waals surface area (Å²) in [6, 6.07) is 30.1. The molecule has 0 amide bonds. The Morgan fingerprint density at radius 1 is 0.629 bits per heavy atom. The Bertz CT molecular complexity index is 1780. The molecule has 166 valence electrons. The molecule has 4 heteroatoms. The lowest BCUT2D eigenvalue weighted by Crippen LogP contribution is -1.87. The summed E-state index contributed by atoms with van der Waals surface area (Å²) in [7, 11) is 1.76. The quantitative estimate of drug-likeness (QED) is 0.205. The van der Waals surface area contributed by atoms with Gasteiger partial charge in [-0.3, -0.25) is 20.0 Å². The number of hydrogen-bond donors (Lipinski definition) is 0. The molecule has 1 heterocycles. The normalized spacial score (nSPS) is 11.6. The molecule has 1 aromatic heterocycles. The SMILES string of the molecule is C=Nc1ccc(-c2ccc3c(ccc4cc(-c5ccc6nccnc6c5)ccc43)c2)cc1C=NC. The van der Waals surface area contributed by atoms with Gasteiger partial charge in [0.2, 0.25) is 0 Å². The molecule has 0 aliphatic carbocycles. The summed E-state index contributed by atoms with van der Waals surface area (Å²) in [5.41, 5.74) is 8.20. The second-order valence-electron chi connectivity index (χ2n) is 8.52. The van der Waals surface area contributed by atoms with Crippen molar-refractivity contribution in [3.05, 3.63) is 103 Å². The fourth-order valence-corrected chi connectivity index (χ4v) is 4.69. The van der Waals surface area contributed by atoms with Crippen molar-refractivity contribution < 1.29 is 0 Å². The first-order chi connectivity index (χ1) is 17.2. The van der Waals surface area contributed by atoms with Crippen LogP contribution in [0.1, 0.15) is 5.56 Å². The first-order valence-corrected chi connectivity index (χ1v) is 11.4. The Morgan fingerprint density at radius 3 is 1.86 bits per heavy atom. The van der Waals surface area contributed by atoms with Crippen LogP contribution in [0.15, 0.2) is 107 Å². The first kappa shape index (κ1) is 20.9. The maximum Gasteiger partial charge on any atom is 0.0892 e. The number of aromatic nitrogens is 2. The van der Waals surface area contributed by atoms with Crippen molar-refractivity contribution in [3.8, 4) is 22.3 Å². The van der Waals surface area contributed by atoms with Crippen molar-refractivity contribution in [1.29, 1.82) is 0 Å². The molecule has 0 saturated carbocycles. The lowest BCUT2D eigenvalue weighted by molar-refractivity contribution is 1.29. The molecule has 0 fully saturated rings. The topological polar surface area (TPSA) is 50.5 Å². The number of nitrogens with zero attached hydrogens (tertiary/aromatic N) is 4. The Kier molecular flexibility index (Phi) is 5.12. The van der Waals surface area contributed by atoms with Crippen molar-refractivity contribution in [2.24, 2.45) is 9.98 Å². The first-order valence-electron chi connectivity index (χ1n) is 11.4. The van der Waals surface area contributed by atoms with Crippen LogP contribution in [0.5, 0.6) is 0 Å². The van der Waals surface area contributed by atoms with E-state index in [2.05, 4.69) is 99.5 Å². The number of rotatable bonds is 4. The van der Waals surface area contributed by atoms with E-state index in [1.54, 1.807) is 19.4 Å². The molecule has 0 unspecified atom stereocenters. The zero-order valence-corrected chi connectivity index (χ0v) is 19.3. The predicted octanol–water partition coefficient (Wildman–Crippen LogP) is 7.65. The van der Waals surface area contributed by atoms with Crippen molar-refractivity contribution in [2.75, 3.05) is 7.05 Å². The summed E-state index contributed by atoms with van der Waals surface area (Å²) in [4.78, 5) is 17.1. The van der Waals surface area contributed by atoms with Gasteiger partial charge in [-0.1, -0.05) is 48.5 Å². The lowest BCUT2D eigenvalue weighted by atomic mass is 9.94. The summed E-state index contributed by atoms with van der Waals surface area (Å²) < 4.78 is 0. The van der Waals surface area contributed by atoms with E-state index in [0.29, 0.717) is 0 Å². The van der Waals surface area contributed by atoms with Crippen LogP contribution in [0.3, 0.4) is 0 Å². The average molecular weight is 451 g/mol. The third-order valence-corrected chi connectivity index (χ3v) is 6.44. The third-order valence-electron chi connectivity index (χ3n) is 6.44. The minimum atomic E-state index is 0.834. The van der Waals surface area contributed by atoms with Crippen molar-refractivity contribution >= 4 is 51.2 Å². The monoisotopic (exact) mass is 450 g/mol. The predicted molar refractivity (Wildman–Crippen MR) is 148 cm³/mol. The van der Waals surface area contributed by atoms with Crippen LogP contribution in [0.25, 0.3) is 54.8 Å². The highest BCUT2D eigenvalue weighted by molar-refractivity contribution is 6.09. The highest BCUT2D eigenvalue weighted by atomic mass is 14.8. The molecule has 0 bridgehead atoms. The van der Waals surface area contributed by atoms with Gasteiger partial charge in [0, 0.05) is 31.2 Å². The van der Waals surface area contributed by atoms with Gasteiger partial charge in [0.25, 0.3) is 0 Å². The second-order valence-corrected chi connectivity index (χ2v) is 8.52. The van der Waals surface area contributed by atoms with Gasteiger partial charge in [0.1, 0.15) is 0 Å². The van der Waals surface area contributed by atoms with E-state index in [9.17, 15) is 0 Å². The van der Waals surface area contributed by atoms with E-state index in [4.69, 9.17) is 0 Å². The fourth-order valence-electron chi connectivity index (χ4n) is 4.69. The molecular weight excluding hydrogens is 428 g/mol. The van der Waals surface area contributed by atoms with Gasteiger partial charge in [-0.15, -0.1) is 0 Å². The van der Waals surface area contributed by atoms with Crippen LogP contribution in [-0.2, 0) is 0 Å². The van der Waals surface area contributed by atoms with E-state index >= 15 is 0 Å². The summed E-state index contributed by atoms with van der Waals surface area (Å²) in [5.74, 6) is 0. The minimum absolute atomic E-state index is 0.834. The summed E-state index contributed by atoms with van der Waals surface area (Å²) in [6.07, 6.45) is 5.28. The van der Waals surface area contributed by atoms with Gasteiger partial charge in [-0.2, -0.15) is 0 Å². The molecule has 6 aromatic rings. The van der Waals surface area contributed by atoms with E-state index in [1.165, 1.54) is 27.1 Å². The van der Waals surface area contributed by atoms with Crippen LogP contribution < -0.4 is 0 Å². The third kappa shape index (κ3) is 3.75. The van der Waals surface area contributed by atoms with Crippen LogP contribution >= 0.6 is 0 Å². The Balaban J connectivity index is 1.42. The number of hydrogen-bond acceptors (Lipinski definition) is 4. The molecular formula is C31H22N4. The van der Waals surface area contributed by atoms with Crippen LogP contribution in [0.2, 0.25) is 0 Å². The largest absolute Gasteiger partial charge is 0.296 e. The summed E-state index contributed by atoms with van der Waals surface area (Å²) in [5, 5.41) is 4.90. The number of benzene rings is 5. The van der Waals surface area contributed by atoms with Crippen molar-refractivity contribution in [1.82, 2.24) is 9.97 Å². The molecule has 0 radical (unpaired) electrons. The molecule has 0 spiro atoms. The second kappa shape index (κ2) is 8.58. The van der Waals surface area contributed by atoms with Gasteiger partial charge in [-0.05, 0) is 86.9 Å². The lowest BCUT2D eigenvalue weighted by Gasteiger charge is -2.10. The van der Waals surface area contributed by atoms with Gasteiger partial charge in [-0.25, -0.2) is 0 Å². The summed E-state index contributed by atoms with van der Waals surface area (Å²) >= 11 is 0. The van der Waals surface area contributed by atoms with E-state index in [-0.39, 0.29) is 0 Å². The van der Waals surface area contributed by atoms with E-state index in [0.717, 1.165) is 39.0 Å². The fraction of sp³-hybridized carbons (Fsp3) is 0.0323. The Hall–Kier alpha value is -4.70. The summed E-state index contributed by atoms with van der Waals surface area (Å²) in [6.45, 7) is 3.67. The zero-order chi connectivity index (χ0) is 23.8. The van der Waals surface area contributed by atoms with Crippen molar-refractivity contribution in [2.45, 2.75) is 0 Å². The highest BCUT2D eigenvalue weighted by Crippen LogP contribution is 2.33. The minimum Gasteiger partial charge on any atom is -0.296 e. The smallest absolute Gasteiger partial charge is 0.0892 e. The molecule has 0 atom stereocenters. The van der Waals surface area contributed by atoms with Gasteiger partial charge in [0.05, 0.1) is 16.7 Å². The molecule has 35 heavy (non-hydrogen) atoms. The van der Waals surface area contributed by atoms with Crippen LogP contribution in [0, 0.1) is 0 Å². The zero-order valence-electron chi connectivity index (χ0n) is 19.3. The maximum atomic E-state index is 4.45. The Labute approximate surface area is 203 Å². The van der Waals surface area contributed by atoms with E-state index < -0.39 is 0 Å². The molecule has 4 nitrogen and oxygen atoms in total. The van der Waals surface area contributed by atoms with Gasteiger partial charge in [0.15, 0.2) is 0 Å².